The van der Waals surface area contributed by atoms with Crippen LogP contribution >= 0.6 is 11.8 Å². The number of carbonyl (C=O) groups is 3. The molecule has 1 aromatic rings. The number of ether oxygens (including phenoxy) is 2. The molecule has 7 nitrogen and oxygen atoms in total. The number of hydrogen-bond acceptors (Lipinski definition) is 6. The molecule has 24 heavy (non-hydrogen) atoms. The molecule has 0 bridgehead atoms. The lowest BCUT2D eigenvalue weighted by molar-refractivity contribution is -0.142. The average molecular weight is 354 g/mol. The average Bonchev–Trinajstić information content (AvgIpc) is 2.58. The summed E-state index contributed by atoms with van der Waals surface area (Å²) in [5.41, 5.74) is 0.888. The molecule has 0 aliphatic carbocycles. The second-order valence-corrected chi connectivity index (χ2v) is 5.74. The lowest BCUT2D eigenvalue weighted by Crippen LogP contribution is -2.41. The third-order valence-electron chi connectivity index (χ3n) is 3.07. The molecule has 1 aromatic carbocycles. The maximum atomic E-state index is 12.2. The Kier molecular flexibility index (Phi) is 8.70. The number of rotatable bonds is 8. The quantitative estimate of drug-likeness (QED) is 0.696. The van der Waals surface area contributed by atoms with Crippen LogP contribution in [0.4, 0.5) is 10.5 Å². The first-order valence-corrected chi connectivity index (χ1v) is 8.82. The molecule has 0 aliphatic heterocycles. The maximum Gasteiger partial charge on any atom is 0.411 e. The molecule has 1 atom stereocenters. The Balaban J connectivity index is 2.69. The van der Waals surface area contributed by atoms with Crippen LogP contribution in [0.5, 0.6) is 0 Å². The van der Waals surface area contributed by atoms with Gasteiger partial charge in [-0.25, -0.2) is 9.59 Å². The van der Waals surface area contributed by atoms with Crippen LogP contribution in [-0.4, -0.2) is 49.7 Å². The van der Waals surface area contributed by atoms with E-state index >= 15 is 0 Å². The van der Waals surface area contributed by atoms with Crippen molar-refractivity contribution in [2.45, 2.75) is 19.4 Å². The molecule has 1 rings (SSSR count). The van der Waals surface area contributed by atoms with Crippen molar-refractivity contribution in [1.82, 2.24) is 5.32 Å². The van der Waals surface area contributed by atoms with Crippen molar-refractivity contribution in [3.8, 4) is 0 Å². The summed E-state index contributed by atoms with van der Waals surface area (Å²) in [4.78, 5) is 35.3. The van der Waals surface area contributed by atoms with E-state index in [1.54, 1.807) is 43.0 Å². The zero-order chi connectivity index (χ0) is 17.9. The van der Waals surface area contributed by atoms with E-state index in [1.807, 2.05) is 6.26 Å². The Hall–Kier alpha value is -2.22. The van der Waals surface area contributed by atoms with Gasteiger partial charge in [-0.2, -0.15) is 11.8 Å². The highest BCUT2D eigenvalue weighted by atomic mass is 32.2. The number of benzene rings is 1. The minimum Gasteiger partial charge on any atom is -0.467 e. The number of hydrogen-bond donors (Lipinski definition) is 2. The Morgan fingerprint density at radius 2 is 1.88 bits per heavy atom. The molecule has 0 aliphatic rings. The minimum absolute atomic E-state index is 0.275. The standard InChI is InChI=1S/C16H22N2O5S/c1-4-23-16(21)17-12-7-5-11(6-8-12)14(19)18-13(9-10-24-3)15(20)22-2/h5-8,13H,4,9-10H2,1-3H3,(H,17,21)(H,18,19)/t13-/m1/s1. The number of carbonyl (C=O) groups excluding carboxylic acids is 3. The van der Waals surface area contributed by atoms with Crippen molar-refractivity contribution < 1.29 is 23.9 Å². The topological polar surface area (TPSA) is 93.7 Å². The van der Waals surface area contributed by atoms with Gasteiger partial charge in [0, 0.05) is 11.3 Å². The van der Waals surface area contributed by atoms with Crippen molar-refractivity contribution in [3.63, 3.8) is 0 Å². The van der Waals surface area contributed by atoms with Gasteiger partial charge in [0.15, 0.2) is 0 Å². The molecule has 0 heterocycles. The van der Waals surface area contributed by atoms with Crippen molar-refractivity contribution >= 4 is 35.4 Å². The third kappa shape index (κ3) is 6.49. The first-order chi connectivity index (χ1) is 11.5. The second kappa shape index (κ2) is 10.5. The SMILES string of the molecule is CCOC(=O)Nc1ccc(C(=O)N[C@H](CCSC)C(=O)OC)cc1. The van der Waals surface area contributed by atoms with E-state index in [4.69, 9.17) is 9.47 Å². The Morgan fingerprint density at radius 3 is 2.42 bits per heavy atom. The molecule has 2 amide bonds. The molecule has 0 spiro atoms. The van der Waals surface area contributed by atoms with E-state index in [1.165, 1.54) is 7.11 Å². The molecule has 0 fully saturated rings. The van der Waals surface area contributed by atoms with Crippen LogP contribution < -0.4 is 10.6 Å². The van der Waals surface area contributed by atoms with Crippen molar-refractivity contribution in [2.75, 3.05) is 31.0 Å². The molecule has 0 saturated carbocycles. The lowest BCUT2D eigenvalue weighted by Gasteiger charge is -2.16. The van der Waals surface area contributed by atoms with Gasteiger partial charge in [0.05, 0.1) is 13.7 Å². The molecule has 0 saturated heterocycles. The molecule has 0 aromatic heterocycles. The number of amides is 2. The van der Waals surface area contributed by atoms with Gasteiger partial charge in [-0.1, -0.05) is 0 Å². The van der Waals surface area contributed by atoms with E-state index in [0.29, 0.717) is 17.7 Å². The predicted octanol–water partition coefficient (Wildman–Crippen LogP) is 2.28. The monoisotopic (exact) mass is 354 g/mol. The van der Waals surface area contributed by atoms with Gasteiger partial charge in [-0.3, -0.25) is 10.1 Å². The van der Waals surface area contributed by atoms with Crippen LogP contribution in [0.25, 0.3) is 0 Å². The fraction of sp³-hybridized carbons (Fsp3) is 0.438. The van der Waals surface area contributed by atoms with Crippen LogP contribution in [-0.2, 0) is 14.3 Å². The zero-order valence-electron chi connectivity index (χ0n) is 14.0. The number of nitrogens with one attached hydrogen (secondary N) is 2. The third-order valence-corrected chi connectivity index (χ3v) is 3.71. The summed E-state index contributed by atoms with van der Waals surface area (Å²) in [6.45, 7) is 1.99. The highest BCUT2D eigenvalue weighted by molar-refractivity contribution is 7.98. The first kappa shape index (κ1) is 19.8. The molecular formula is C16H22N2O5S. The van der Waals surface area contributed by atoms with Crippen LogP contribution in [0, 0.1) is 0 Å². The zero-order valence-corrected chi connectivity index (χ0v) is 14.8. The number of anilines is 1. The van der Waals surface area contributed by atoms with Crippen molar-refractivity contribution in [3.05, 3.63) is 29.8 Å². The van der Waals surface area contributed by atoms with E-state index < -0.39 is 18.1 Å². The normalized spacial score (nSPS) is 11.3. The molecule has 2 N–H and O–H groups in total. The Bertz CT molecular complexity index is 562. The van der Waals surface area contributed by atoms with Crippen LogP contribution in [0.2, 0.25) is 0 Å². The Morgan fingerprint density at radius 1 is 1.21 bits per heavy atom. The molecule has 0 radical (unpaired) electrons. The fourth-order valence-corrected chi connectivity index (χ4v) is 2.33. The smallest absolute Gasteiger partial charge is 0.411 e. The van der Waals surface area contributed by atoms with Crippen molar-refractivity contribution in [2.24, 2.45) is 0 Å². The van der Waals surface area contributed by atoms with Gasteiger partial charge in [-0.15, -0.1) is 0 Å². The summed E-state index contributed by atoms with van der Waals surface area (Å²) in [6.07, 6.45) is 1.85. The van der Waals surface area contributed by atoms with Gasteiger partial charge >= 0.3 is 12.1 Å². The molecular weight excluding hydrogens is 332 g/mol. The number of methoxy groups -OCH3 is 1. The van der Waals surface area contributed by atoms with Crippen molar-refractivity contribution in [1.29, 1.82) is 0 Å². The van der Waals surface area contributed by atoms with Gasteiger partial charge in [0.25, 0.3) is 5.91 Å². The van der Waals surface area contributed by atoms with Gasteiger partial charge in [-0.05, 0) is 49.6 Å². The maximum absolute atomic E-state index is 12.2. The summed E-state index contributed by atoms with van der Waals surface area (Å²) in [6, 6.07) is 5.59. The molecule has 132 valence electrons. The highest BCUT2D eigenvalue weighted by Gasteiger charge is 2.21. The fourth-order valence-electron chi connectivity index (χ4n) is 1.86. The summed E-state index contributed by atoms with van der Waals surface area (Å²) in [7, 11) is 1.29. The predicted molar refractivity (Wildman–Crippen MR) is 93.4 cm³/mol. The van der Waals surface area contributed by atoms with E-state index in [-0.39, 0.29) is 12.5 Å². The summed E-state index contributed by atoms with van der Waals surface area (Å²) in [5.74, 6) is -0.130. The number of esters is 1. The Labute approximate surface area is 145 Å². The lowest BCUT2D eigenvalue weighted by atomic mass is 10.1. The van der Waals surface area contributed by atoms with Gasteiger partial charge in [0.2, 0.25) is 0 Å². The van der Waals surface area contributed by atoms with Gasteiger partial charge in [0.1, 0.15) is 6.04 Å². The minimum atomic E-state index is -0.688. The van der Waals surface area contributed by atoms with E-state index in [0.717, 1.165) is 5.75 Å². The summed E-state index contributed by atoms with van der Waals surface area (Å²) in [5, 5.41) is 5.20. The number of thioether (sulfide) groups is 1. The second-order valence-electron chi connectivity index (χ2n) is 4.75. The van der Waals surface area contributed by atoms with Crippen LogP contribution in [0.1, 0.15) is 23.7 Å². The van der Waals surface area contributed by atoms with Crippen LogP contribution in [0.15, 0.2) is 24.3 Å². The summed E-state index contributed by atoms with van der Waals surface area (Å²) >= 11 is 1.58. The molecule has 8 heteroatoms. The summed E-state index contributed by atoms with van der Waals surface area (Å²) < 4.78 is 9.48. The highest BCUT2D eigenvalue weighted by Crippen LogP contribution is 2.11. The van der Waals surface area contributed by atoms with E-state index in [9.17, 15) is 14.4 Å². The van der Waals surface area contributed by atoms with Crippen LogP contribution in [0.3, 0.4) is 0 Å². The molecule has 0 unspecified atom stereocenters. The first-order valence-electron chi connectivity index (χ1n) is 7.43. The largest absolute Gasteiger partial charge is 0.467 e. The van der Waals surface area contributed by atoms with Gasteiger partial charge < -0.3 is 14.8 Å². The van der Waals surface area contributed by atoms with E-state index in [2.05, 4.69) is 10.6 Å².